The lowest BCUT2D eigenvalue weighted by atomic mass is 10.1. The quantitative estimate of drug-likeness (QED) is 0.770. The van der Waals surface area contributed by atoms with E-state index in [-0.39, 0.29) is 6.04 Å². The van der Waals surface area contributed by atoms with E-state index in [1.54, 1.807) is 7.11 Å². The van der Waals surface area contributed by atoms with Crippen molar-refractivity contribution in [1.82, 2.24) is 0 Å². The van der Waals surface area contributed by atoms with Gasteiger partial charge in [-0.3, -0.25) is 0 Å². The van der Waals surface area contributed by atoms with Crippen molar-refractivity contribution in [3.05, 3.63) is 43.6 Å². The second-order valence-corrected chi connectivity index (χ2v) is 7.41. The Kier molecular flexibility index (Phi) is 4.76. The summed E-state index contributed by atoms with van der Waals surface area (Å²) in [4.78, 5) is 2.72. The first-order valence-electron chi connectivity index (χ1n) is 6.60. The Balaban J connectivity index is 2.32. The Morgan fingerprint density at radius 1 is 1.20 bits per heavy atom. The van der Waals surface area contributed by atoms with Crippen molar-refractivity contribution < 1.29 is 4.74 Å². The number of hydrogen-bond acceptors (Lipinski definition) is 3. The van der Waals surface area contributed by atoms with E-state index in [2.05, 4.69) is 61.1 Å². The van der Waals surface area contributed by atoms with Crippen LogP contribution in [0.4, 0.5) is 5.69 Å². The van der Waals surface area contributed by atoms with Crippen molar-refractivity contribution in [3.8, 4) is 5.75 Å². The fraction of sp³-hybridized carbons (Fsp3) is 0.375. The number of rotatable bonds is 4. The molecule has 4 heteroatoms. The third kappa shape index (κ3) is 3.18. The molecule has 2 rings (SSSR count). The van der Waals surface area contributed by atoms with E-state index in [4.69, 9.17) is 4.74 Å². The summed E-state index contributed by atoms with van der Waals surface area (Å²) >= 11 is 5.35. The average molecular weight is 354 g/mol. The van der Waals surface area contributed by atoms with Crippen molar-refractivity contribution in [1.29, 1.82) is 0 Å². The molecule has 0 aliphatic rings. The largest absolute Gasteiger partial charge is 0.495 e. The topological polar surface area (TPSA) is 21.3 Å². The zero-order chi connectivity index (χ0) is 14.9. The summed E-state index contributed by atoms with van der Waals surface area (Å²) in [6.45, 7) is 8.61. The highest BCUT2D eigenvalue weighted by atomic mass is 79.9. The molecule has 0 amide bonds. The van der Waals surface area contributed by atoms with Gasteiger partial charge in [-0.1, -0.05) is 15.9 Å². The summed E-state index contributed by atoms with van der Waals surface area (Å²) in [5, 5.41) is 3.59. The van der Waals surface area contributed by atoms with E-state index in [0.717, 1.165) is 15.9 Å². The van der Waals surface area contributed by atoms with E-state index in [0.29, 0.717) is 0 Å². The summed E-state index contributed by atoms with van der Waals surface area (Å²) in [5.74, 6) is 0.869. The highest BCUT2D eigenvalue weighted by molar-refractivity contribution is 9.10. The number of anilines is 1. The summed E-state index contributed by atoms with van der Waals surface area (Å²) < 4.78 is 6.52. The summed E-state index contributed by atoms with van der Waals surface area (Å²) in [6, 6.07) is 6.61. The zero-order valence-corrected chi connectivity index (χ0v) is 14.9. The van der Waals surface area contributed by atoms with Gasteiger partial charge in [-0.05, 0) is 57.0 Å². The van der Waals surface area contributed by atoms with Crippen molar-refractivity contribution in [3.63, 3.8) is 0 Å². The van der Waals surface area contributed by atoms with Crippen LogP contribution in [0.1, 0.15) is 33.8 Å². The van der Waals surface area contributed by atoms with Gasteiger partial charge in [0, 0.05) is 20.3 Å². The molecular weight excluding hydrogens is 334 g/mol. The molecule has 2 aromatic rings. The number of hydrogen-bond donors (Lipinski definition) is 1. The predicted molar refractivity (Wildman–Crippen MR) is 91.3 cm³/mol. The minimum absolute atomic E-state index is 0.258. The van der Waals surface area contributed by atoms with E-state index >= 15 is 0 Å². The van der Waals surface area contributed by atoms with Crippen LogP contribution < -0.4 is 10.1 Å². The molecule has 0 aliphatic heterocycles. The summed E-state index contributed by atoms with van der Waals surface area (Å²) in [5.41, 5.74) is 3.59. The lowest BCUT2D eigenvalue weighted by molar-refractivity contribution is 0.415. The molecule has 1 unspecified atom stereocenters. The van der Waals surface area contributed by atoms with Gasteiger partial charge in [-0.2, -0.15) is 0 Å². The normalized spacial score (nSPS) is 12.3. The molecule has 1 atom stereocenters. The molecule has 0 saturated carbocycles. The highest BCUT2D eigenvalue weighted by Gasteiger charge is 2.15. The predicted octanol–water partition coefficient (Wildman–Crippen LogP) is 5.62. The third-order valence-electron chi connectivity index (χ3n) is 3.39. The maximum atomic E-state index is 5.49. The Morgan fingerprint density at radius 3 is 2.45 bits per heavy atom. The molecule has 0 bridgehead atoms. The molecular formula is C16H20BrNOS. The molecule has 0 spiro atoms. The minimum Gasteiger partial charge on any atom is -0.495 e. The SMILES string of the molecule is COc1cc(Br)cc(C)c1NC(C)c1cc(C)sc1C. The van der Waals surface area contributed by atoms with Crippen LogP contribution in [-0.4, -0.2) is 7.11 Å². The van der Waals surface area contributed by atoms with Gasteiger partial charge in [0.25, 0.3) is 0 Å². The van der Waals surface area contributed by atoms with E-state index in [1.165, 1.54) is 20.9 Å². The van der Waals surface area contributed by atoms with Crippen LogP contribution in [0.3, 0.4) is 0 Å². The molecule has 1 aromatic carbocycles. The Labute approximate surface area is 133 Å². The smallest absolute Gasteiger partial charge is 0.143 e. The van der Waals surface area contributed by atoms with Crippen LogP contribution in [0, 0.1) is 20.8 Å². The third-order valence-corrected chi connectivity index (χ3v) is 4.83. The van der Waals surface area contributed by atoms with E-state index in [1.807, 2.05) is 17.4 Å². The molecule has 0 fully saturated rings. The second-order valence-electron chi connectivity index (χ2n) is 5.03. The maximum absolute atomic E-state index is 5.49. The van der Waals surface area contributed by atoms with Gasteiger partial charge in [-0.25, -0.2) is 0 Å². The molecule has 0 radical (unpaired) electrons. The fourth-order valence-corrected chi connectivity index (χ4v) is 4.01. The van der Waals surface area contributed by atoms with Crippen LogP contribution in [0.15, 0.2) is 22.7 Å². The lowest BCUT2D eigenvalue weighted by Crippen LogP contribution is -2.09. The van der Waals surface area contributed by atoms with Gasteiger partial charge in [0.1, 0.15) is 5.75 Å². The molecule has 0 saturated heterocycles. The van der Waals surface area contributed by atoms with Crippen molar-refractivity contribution >= 4 is 33.0 Å². The molecule has 108 valence electrons. The Morgan fingerprint density at radius 2 is 1.90 bits per heavy atom. The summed E-state index contributed by atoms with van der Waals surface area (Å²) in [6.07, 6.45) is 0. The number of ether oxygens (including phenoxy) is 1. The van der Waals surface area contributed by atoms with Crippen molar-refractivity contribution in [2.75, 3.05) is 12.4 Å². The van der Waals surface area contributed by atoms with Crippen LogP contribution in [0.25, 0.3) is 0 Å². The van der Waals surface area contributed by atoms with Crippen LogP contribution in [0.2, 0.25) is 0 Å². The van der Waals surface area contributed by atoms with Crippen molar-refractivity contribution in [2.24, 2.45) is 0 Å². The number of thiophene rings is 1. The van der Waals surface area contributed by atoms with Crippen LogP contribution >= 0.6 is 27.3 Å². The molecule has 20 heavy (non-hydrogen) atoms. The average Bonchev–Trinajstić information content (AvgIpc) is 2.71. The summed E-state index contributed by atoms with van der Waals surface area (Å²) in [7, 11) is 1.71. The minimum atomic E-state index is 0.258. The number of aryl methyl sites for hydroxylation is 3. The molecule has 0 aliphatic carbocycles. The molecule has 1 heterocycles. The Bertz CT molecular complexity index is 621. The van der Waals surface area contributed by atoms with E-state index < -0.39 is 0 Å². The standard InChI is InChI=1S/C16H20BrNOS/c1-9-6-13(17)8-15(19-5)16(9)18-11(3)14-7-10(2)20-12(14)4/h6-8,11,18H,1-5H3. The van der Waals surface area contributed by atoms with Gasteiger partial charge in [-0.15, -0.1) is 11.3 Å². The number of nitrogens with one attached hydrogen (secondary N) is 1. The van der Waals surface area contributed by atoms with Gasteiger partial charge in [0.2, 0.25) is 0 Å². The zero-order valence-electron chi connectivity index (χ0n) is 12.5. The first-order valence-corrected chi connectivity index (χ1v) is 8.21. The fourth-order valence-electron chi connectivity index (χ4n) is 2.43. The second kappa shape index (κ2) is 6.19. The Hall–Kier alpha value is -1.00. The van der Waals surface area contributed by atoms with Crippen LogP contribution in [-0.2, 0) is 0 Å². The van der Waals surface area contributed by atoms with Crippen molar-refractivity contribution in [2.45, 2.75) is 33.7 Å². The highest BCUT2D eigenvalue weighted by Crippen LogP contribution is 2.36. The number of halogens is 1. The van der Waals surface area contributed by atoms with Gasteiger partial charge < -0.3 is 10.1 Å². The monoisotopic (exact) mass is 353 g/mol. The van der Waals surface area contributed by atoms with Gasteiger partial charge in [0.15, 0.2) is 0 Å². The number of benzene rings is 1. The molecule has 1 N–H and O–H groups in total. The van der Waals surface area contributed by atoms with Gasteiger partial charge in [0.05, 0.1) is 12.8 Å². The molecule has 1 aromatic heterocycles. The first-order chi connectivity index (χ1) is 9.42. The maximum Gasteiger partial charge on any atom is 0.143 e. The lowest BCUT2D eigenvalue weighted by Gasteiger charge is -2.20. The van der Waals surface area contributed by atoms with E-state index in [9.17, 15) is 0 Å². The van der Waals surface area contributed by atoms with Crippen LogP contribution in [0.5, 0.6) is 5.75 Å². The molecule has 2 nitrogen and oxygen atoms in total. The first kappa shape index (κ1) is 15.4. The van der Waals surface area contributed by atoms with Gasteiger partial charge >= 0.3 is 0 Å². The number of methoxy groups -OCH3 is 1.